The second kappa shape index (κ2) is 5.65. The summed E-state index contributed by atoms with van der Waals surface area (Å²) in [5.74, 6) is -0.144. The van der Waals surface area contributed by atoms with Crippen LogP contribution in [-0.2, 0) is 0 Å². The summed E-state index contributed by atoms with van der Waals surface area (Å²) in [5, 5.41) is 11.8. The number of nitrogens with two attached hydrogens (primary N) is 1. The molecule has 0 heterocycles. The van der Waals surface area contributed by atoms with Crippen molar-refractivity contribution in [1.82, 2.24) is 5.32 Å². The maximum absolute atomic E-state index is 12.1. The number of carbonyl (C=O) groups is 1. The third kappa shape index (κ3) is 2.88. The van der Waals surface area contributed by atoms with E-state index in [0.717, 1.165) is 25.7 Å². The predicted molar refractivity (Wildman–Crippen MR) is 68.9 cm³/mol. The van der Waals surface area contributed by atoms with Crippen molar-refractivity contribution in [2.75, 3.05) is 0 Å². The van der Waals surface area contributed by atoms with Crippen LogP contribution in [0.25, 0.3) is 0 Å². The Hall–Kier alpha value is -1.86. The van der Waals surface area contributed by atoms with Crippen LogP contribution in [0.2, 0.25) is 0 Å². The molecule has 2 unspecified atom stereocenters. The van der Waals surface area contributed by atoms with Crippen LogP contribution in [0, 0.1) is 11.3 Å². The van der Waals surface area contributed by atoms with E-state index in [1.807, 2.05) is 6.07 Å². The molecular formula is C14H17N3O. The van der Waals surface area contributed by atoms with E-state index in [1.54, 1.807) is 24.3 Å². The quantitative estimate of drug-likeness (QED) is 0.827. The number of amides is 1. The van der Waals surface area contributed by atoms with Crippen LogP contribution < -0.4 is 11.1 Å². The number of hydrogen-bond donors (Lipinski definition) is 2. The van der Waals surface area contributed by atoms with Gasteiger partial charge in [0.2, 0.25) is 0 Å². The van der Waals surface area contributed by atoms with E-state index in [9.17, 15) is 4.79 Å². The minimum Gasteiger partial charge on any atom is -0.348 e. The molecule has 4 nitrogen and oxygen atoms in total. The Labute approximate surface area is 107 Å². The van der Waals surface area contributed by atoms with Crippen molar-refractivity contribution < 1.29 is 4.79 Å². The normalized spacial score (nSPS) is 23.1. The molecule has 2 atom stereocenters. The summed E-state index contributed by atoms with van der Waals surface area (Å²) < 4.78 is 0. The fourth-order valence-corrected chi connectivity index (χ4v) is 2.32. The first-order valence-corrected chi connectivity index (χ1v) is 6.27. The molecular weight excluding hydrogens is 226 g/mol. The van der Waals surface area contributed by atoms with Gasteiger partial charge in [-0.1, -0.05) is 18.9 Å². The Morgan fingerprint density at radius 3 is 2.89 bits per heavy atom. The summed E-state index contributed by atoms with van der Waals surface area (Å²) in [6.45, 7) is 0. The van der Waals surface area contributed by atoms with Gasteiger partial charge in [0.05, 0.1) is 11.6 Å². The van der Waals surface area contributed by atoms with Gasteiger partial charge in [-0.15, -0.1) is 0 Å². The zero-order valence-electron chi connectivity index (χ0n) is 10.2. The molecule has 0 saturated heterocycles. The first-order valence-electron chi connectivity index (χ1n) is 6.27. The van der Waals surface area contributed by atoms with Gasteiger partial charge in [0.15, 0.2) is 0 Å². The average molecular weight is 243 g/mol. The largest absolute Gasteiger partial charge is 0.348 e. The second-order valence-corrected chi connectivity index (χ2v) is 4.72. The van der Waals surface area contributed by atoms with Gasteiger partial charge in [-0.2, -0.15) is 5.26 Å². The lowest BCUT2D eigenvalue weighted by molar-refractivity contribution is 0.0921. The fraction of sp³-hybridized carbons (Fsp3) is 0.429. The van der Waals surface area contributed by atoms with E-state index in [4.69, 9.17) is 11.0 Å². The summed E-state index contributed by atoms with van der Waals surface area (Å²) in [4.78, 5) is 12.1. The third-order valence-electron chi connectivity index (χ3n) is 3.39. The van der Waals surface area contributed by atoms with E-state index in [-0.39, 0.29) is 18.0 Å². The summed E-state index contributed by atoms with van der Waals surface area (Å²) in [7, 11) is 0. The van der Waals surface area contributed by atoms with E-state index >= 15 is 0 Å². The van der Waals surface area contributed by atoms with E-state index in [1.165, 1.54) is 0 Å². The van der Waals surface area contributed by atoms with Gasteiger partial charge >= 0.3 is 0 Å². The highest BCUT2D eigenvalue weighted by molar-refractivity contribution is 5.94. The number of rotatable bonds is 2. The van der Waals surface area contributed by atoms with Gasteiger partial charge in [0, 0.05) is 17.6 Å². The summed E-state index contributed by atoms with van der Waals surface area (Å²) in [5.41, 5.74) is 7.01. The third-order valence-corrected chi connectivity index (χ3v) is 3.39. The van der Waals surface area contributed by atoms with Gasteiger partial charge < -0.3 is 11.1 Å². The molecule has 3 N–H and O–H groups in total. The van der Waals surface area contributed by atoms with Crippen LogP contribution in [0.15, 0.2) is 24.3 Å². The molecule has 0 aliphatic heterocycles. The van der Waals surface area contributed by atoms with Crippen LogP contribution in [0.3, 0.4) is 0 Å². The SMILES string of the molecule is N#Cc1cccc(C(=O)NC2CCCCC2N)c1. The maximum Gasteiger partial charge on any atom is 0.251 e. The summed E-state index contributed by atoms with van der Waals surface area (Å²) in [6.07, 6.45) is 4.14. The first kappa shape index (κ1) is 12.6. The number of benzene rings is 1. The van der Waals surface area contributed by atoms with E-state index in [0.29, 0.717) is 11.1 Å². The Bertz CT molecular complexity index is 478. The topological polar surface area (TPSA) is 78.9 Å². The lowest BCUT2D eigenvalue weighted by Crippen LogP contribution is -2.49. The molecule has 18 heavy (non-hydrogen) atoms. The van der Waals surface area contributed by atoms with Crippen LogP contribution >= 0.6 is 0 Å². The zero-order chi connectivity index (χ0) is 13.0. The minimum atomic E-state index is -0.144. The maximum atomic E-state index is 12.1. The van der Waals surface area contributed by atoms with Crippen molar-refractivity contribution >= 4 is 5.91 Å². The molecule has 1 aliphatic carbocycles. The lowest BCUT2D eigenvalue weighted by Gasteiger charge is -2.29. The van der Waals surface area contributed by atoms with Crippen LogP contribution in [0.5, 0.6) is 0 Å². The van der Waals surface area contributed by atoms with E-state index < -0.39 is 0 Å². The van der Waals surface area contributed by atoms with Gasteiger partial charge in [-0.3, -0.25) is 4.79 Å². The fourth-order valence-electron chi connectivity index (χ4n) is 2.32. The van der Waals surface area contributed by atoms with Gasteiger partial charge in [-0.25, -0.2) is 0 Å². The van der Waals surface area contributed by atoms with E-state index in [2.05, 4.69) is 5.32 Å². The second-order valence-electron chi connectivity index (χ2n) is 4.72. The highest BCUT2D eigenvalue weighted by atomic mass is 16.1. The standard InChI is InChI=1S/C14H17N3O/c15-9-10-4-3-5-11(8-10)14(18)17-13-7-2-1-6-12(13)16/h3-5,8,12-13H,1-2,6-7,16H2,(H,17,18). The van der Waals surface area contributed by atoms with Crippen LogP contribution in [-0.4, -0.2) is 18.0 Å². The van der Waals surface area contributed by atoms with Crippen molar-refractivity contribution in [2.45, 2.75) is 37.8 Å². The molecule has 2 rings (SSSR count). The molecule has 1 amide bonds. The average Bonchev–Trinajstić information content (AvgIpc) is 2.41. The van der Waals surface area contributed by atoms with Crippen molar-refractivity contribution in [3.8, 4) is 6.07 Å². The number of nitriles is 1. The minimum absolute atomic E-state index is 0.0434. The molecule has 94 valence electrons. The number of hydrogen-bond acceptors (Lipinski definition) is 3. The van der Waals surface area contributed by atoms with Gasteiger partial charge in [0.1, 0.15) is 0 Å². The molecule has 1 aliphatic rings. The Balaban J connectivity index is 2.05. The lowest BCUT2D eigenvalue weighted by atomic mass is 9.91. The smallest absolute Gasteiger partial charge is 0.251 e. The molecule has 1 aromatic rings. The zero-order valence-corrected chi connectivity index (χ0v) is 10.2. The number of nitrogens with one attached hydrogen (secondary N) is 1. The molecule has 1 aromatic carbocycles. The molecule has 4 heteroatoms. The highest BCUT2D eigenvalue weighted by Gasteiger charge is 2.23. The Morgan fingerprint density at radius 2 is 2.17 bits per heavy atom. The molecule has 0 aromatic heterocycles. The Kier molecular flexibility index (Phi) is 3.96. The van der Waals surface area contributed by atoms with Gasteiger partial charge in [-0.05, 0) is 31.0 Å². The van der Waals surface area contributed by atoms with Crippen molar-refractivity contribution in [2.24, 2.45) is 5.73 Å². The molecule has 1 fully saturated rings. The predicted octanol–water partition coefficient (Wildman–Crippen LogP) is 1.56. The summed E-state index contributed by atoms with van der Waals surface area (Å²) in [6, 6.07) is 8.84. The first-order chi connectivity index (χ1) is 8.70. The summed E-state index contributed by atoms with van der Waals surface area (Å²) >= 11 is 0. The molecule has 0 radical (unpaired) electrons. The number of nitrogens with zero attached hydrogens (tertiary/aromatic N) is 1. The van der Waals surface area contributed by atoms with Crippen LogP contribution in [0.1, 0.15) is 41.6 Å². The van der Waals surface area contributed by atoms with Crippen molar-refractivity contribution in [3.05, 3.63) is 35.4 Å². The molecule has 1 saturated carbocycles. The Morgan fingerprint density at radius 1 is 1.39 bits per heavy atom. The van der Waals surface area contributed by atoms with Gasteiger partial charge in [0.25, 0.3) is 5.91 Å². The highest BCUT2D eigenvalue weighted by Crippen LogP contribution is 2.17. The van der Waals surface area contributed by atoms with Crippen molar-refractivity contribution in [1.29, 1.82) is 5.26 Å². The van der Waals surface area contributed by atoms with Crippen molar-refractivity contribution in [3.63, 3.8) is 0 Å². The number of carbonyl (C=O) groups excluding carboxylic acids is 1. The monoisotopic (exact) mass is 243 g/mol. The van der Waals surface area contributed by atoms with Crippen LogP contribution in [0.4, 0.5) is 0 Å². The molecule has 0 spiro atoms. The molecule has 0 bridgehead atoms.